The average Bonchev–Trinajstić information content (AvgIpc) is 2.86. The summed E-state index contributed by atoms with van der Waals surface area (Å²) in [5.74, 6) is 1.68. The highest BCUT2D eigenvalue weighted by Crippen LogP contribution is 2.33. The van der Waals surface area contributed by atoms with Crippen LogP contribution >= 0.6 is 0 Å². The summed E-state index contributed by atoms with van der Waals surface area (Å²) in [6.07, 6.45) is 6.01. The smallest absolute Gasteiger partial charge is 0.109 e. The van der Waals surface area contributed by atoms with Crippen LogP contribution in [-0.4, -0.2) is 9.97 Å². The fourth-order valence-corrected chi connectivity index (χ4v) is 2.52. The van der Waals surface area contributed by atoms with Gasteiger partial charge in [0.2, 0.25) is 0 Å². The Kier molecular flexibility index (Phi) is 1.88. The summed E-state index contributed by atoms with van der Waals surface area (Å²) in [4.78, 5) is 7.58. The van der Waals surface area contributed by atoms with Crippen LogP contribution in [0.4, 0.5) is 0 Å². The van der Waals surface area contributed by atoms with Crippen molar-refractivity contribution in [1.82, 2.24) is 9.97 Å². The Morgan fingerprint density at radius 2 is 2.27 bits per heavy atom. The standard InChI is InChI=1S/C13H14N2/c1-9-3-2-4-10-7-11(8-12(9)10)13-14-5-6-15-13/h2-6,11H,7-8H2,1H3,(H,14,15)/t11-/m0/s1. The van der Waals surface area contributed by atoms with Crippen LogP contribution < -0.4 is 0 Å². The summed E-state index contributed by atoms with van der Waals surface area (Å²) in [6.45, 7) is 2.20. The molecule has 3 rings (SSSR count). The molecule has 1 aliphatic carbocycles. The lowest BCUT2D eigenvalue weighted by Crippen LogP contribution is -2.00. The zero-order valence-electron chi connectivity index (χ0n) is 8.83. The maximum absolute atomic E-state index is 4.36. The van der Waals surface area contributed by atoms with E-state index in [4.69, 9.17) is 0 Å². The molecule has 2 aromatic rings. The molecule has 0 radical (unpaired) electrons. The molecule has 15 heavy (non-hydrogen) atoms. The summed E-state index contributed by atoms with van der Waals surface area (Å²) in [6, 6.07) is 6.59. The Morgan fingerprint density at radius 1 is 1.33 bits per heavy atom. The molecule has 76 valence electrons. The van der Waals surface area contributed by atoms with E-state index >= 15 is 0 Å². The van der Waals surface area contributed by atoms with Crippen LogP contribution in [-0.2, 0) is 12.8 Å². The first-order valence-corrected chi connectivity index (χ1v) is 5.41. The van der Waals surface area contributed by atoms with Gasteiger partial charge in [-0.3, -0.25) is 0 Å². The molecule has 0 bridgehead atoms. The minimum atomic E-state index is 0.552. The van der Waals surface area contributed by atoms with Gasteiger partial charge in [-0.2, -0.15) is 0 Å². The summed E-state index contributed by atoms with van der Waals surface area (Å²) >= 11 is 0. The predicted octanol–water partition coefficient (Wildman–Crippen LogP) is 2.60. The number of aryl methyl sites for hydroxylation is 1. The van der Waals surface area contributed by atoms with Crippen LogP contribution in [0, 0.1) is 6.92 Å². The largest absolute Gasteiger partial charge is 0.348 e. The van der Waals surface area contributed by atoms with Crippen LogP contribution in [0.25, 0.3) is 0 Å². The molecule has 1 aromatic heterocycles. The summed E-state index contributed by atoms with van der Waals surface area (Å²) in [7, 11) is 0. The monoisotopic (exact) mass is 198 g/mol. The van der Waals surface area contributed by atoms with Crippen LogP contribution in [0.5, 0.6) is 0 Å². The lowest BCUT2D eigenvalue weighted by molar-refractivity contribution is 0.693. The molecule has 1 aromatic carbocycles. The van der Waals surface area contributed by atoms with Gasteiger partial charge in [-0.25, -0.2) is 4.98 Å². The maximum atomic E-state index is 4.36. The quantitative estimate of drug-likeness (QED) is 0.749. The average molecular weight is 198 g/mol. The fraction of sp³-hybridized carbons (Fsp3) is 0.308. The summed E-state index contributed by atoms with van der Waals surface area (Å²) in [5.41, 5.74) is 4.44. The topological polar surface area (TPSA) is 28.7 Å². The van der Waals surface area contributed by atoms with Crippen molar-refractivity contribution in [3.05, 3.63) is 53.1 Å². The molecule has 2 nitrogen and oxygen atoms in total. The molecule has 0 saturated heterocycles. The third kappa shape index (κ3) is 1.37. The molecule has 0 spiro atoms. The lowest BCUT2D eigenvalue weighted by Gasteiger charge is -2.04. The number of rotatable bonds is 1. The van der Waals surface area contributed by atoms with Crippen LogP contribution in [0.1, 0.15) is 28.4 Å². The number of fused-ring (bicyclic) bond motifs is 1. The van der Waals surface area contributed by atoms with Crippen molar-refractivity contribution in [1.29, 1.82) is 0 Å². The second-order valence-electron chi connectivity index (χ2n) is 4.29. The fourth-order valence-electron chi connectivity index (χ4n) is 2.52. The number of nitrogens with zero attached hydrogens (tertiary/aromatic N) is 1. The first-order chi connectivity index (χ1) is 7.34. The Bertz CT molecular complexity index is 471. The Hall–Kier alpha value is -1.57. The van der Waals surface area contributed by atoms with E-state index in [1.54, 1.807) is 0 Å². The number of imidazole rings is 1. The van der Waals surface area contributed by atoms with E-state index in [0.29, 0.717) is 5.92 Å². The van der Waals surface area contributed by atoms with Crippen molar-refractivity contribution in [2.75, 3.05) is 0 Å². The number of nitrogens with one attached hydrogen (secondary N) is 1. The molecule has 1 heterocycles. The van der Waals surface area contributed by atoms with E-state index in [9.17, 15) is 0 Å². The number of aromatic amines is 1. The molecule has 0 aliphatic heterocycles. The molecule has 1 N–H and O–H groups in total. The van der Waals surface area contributed by atoms with Gasteiger partial charge in [0.05, 0.1) is 0 Å². The molecule has 0 saturated carbocycles. The van der Waals surface area contributed by atoms with Crippen molar-refractivity contribution in [2.45, 2.75) is 25.7 Å². The second-order valence-corrected chi connectivity index (χ2v) is 4.29. The number of benzene rings is 1. The van der Waals surface area contributed by atoms with Gasteiger partial charge >= 0.3 is 0 Å². The lowest BCUT2D eigenvalue weighted by atomic mass is 10.0. The summed E-state index contributed by atoms with van der Waals surface area (Å²) in [5, 5.41) is 0. The zero-order valence-corrected chi connectivity index (χ0v) is 8.83. The van der Waals surface area contributed by atoms with Crippen molar-refractivity contribution < 1.29 is 0 Å². The Balaban J connectivity index is 1.96. The highest BCUT2D eigenvalue weighted by Gasteiger charge is 2.25. The van der Waals surface area contributed by atoms with Gasteiger partial charge in [-0.05, 0) is 36.5 Å². The molecule has 0 fully saturated rings. The molecular weight excluding hydrogens is 184 g/mol. The second kappa shape index (κ2) is 3.23. The molecule has 2 heteroatoms. The van der Waals surface area contributed by atoms with Gasteiger partial charge in [0, 0.05) is 18.3 Å². The van der Waals surface area contributed by atoms with E-state index in [0.717, 1.165) is 18.7 Å². The van der Waals surface area contributed by atoms with Crippen molar-refractivity contribution in [2.24, 2.45) is 0 Å². The van der Waals surface area contributed by atoms with E-state index in [2.05, 4.69) is 35.1 Å². The number of hydrogen-bond acceptors (Lipinski definition) is 1. The van der Waals surface area contributed by atoms with Crippen molar-refractivity contribution in [3.63, 3.8) is 0 Å². The third-order valence-corrected chi connectivity index (χ3v) is 3.33. The maximum Gasteiger partial charge on any atom is 0.109 e. The highest BCUT2D eigenvalue weighted by molar-refractivity contribution is 5.40. The van der Waals surface area contributed by atoms with Crippen LogP contribution in [0.15, 0.2) is 30.6 Å². The minimum absolute atomic E-state index is 0.552. The number of hydrogen-bond donors (Lipinski definition) is 1. The molecular formula is C13H14N2. The number of aromatic nitrogens is 2. The Labute approximate surface area is 89.4 Å². The van der Waals surface area contributed by atoms with Gasteiger partial charge in [-0.15, -0.1) is 0 Å². The normalized spacial score (nSPS) is 19.1. The van der Waals surface area contributed by atoms with Crippen LogP contribution in [0.3, 0.4) is 0 Å². The van der Waals surface area contributed by atoms with Crippen LogP contribution in [0.2, 0.25) is 0 Å². The van der Waals surface area contributed by atoms with Gasteiger partial charge in [0.1, 0.15) is 5.82 Å². The van der Waals surface area contributed by atoms with Crippen molar-refractivity contribution in [3.8, 4) is 0 Å². The first kappa shape index (κ1) is 8.72. The highest BCUT2D eigenvalue weighted by atomic mass is 14.9. The Morgan fingerprint density at radius 3 is 3.00 bits per heavy atom. The van der Waals surface area contributed by atoms with Gasteiger partial charge in [0.25, 0.3) is 0 Å². The van der Waals surface area contributed by atoms with E-state index in [1.165, 1.54) is 16.7 Å². The molecule has 1 atom stereocenters. The summed E-state index contributed by atoms with van der Waals surface area (Å²) < 4.78 is 0. The van der Waals surface area contributed by atoms with Gasteiger partial charge in [-0.1, -0.05) is 18.2 Å². The van der Waals surface area contributed by atoms with Crippen molar-refractivity contribution >= 4 is 0 Å². The van der Waals surface area contributed by atoms with E-state index in [-0.39, 0.29) is 0 Å². The molecule has 0 unspecified atom stereocenters. The third-order valence-electron chi connectivity index (χ3n) is 3.33. The van der Waals surface area contributed by atoms with E-state index < -0.39 is 0 Å². The van der Waals surface area contributed by atoms with E-state index in [1.807, 2.05) is 12.4 Å². The SMILES string of the molecule is Cc1cccc2c1C[C@@H](c1ncc[nH]1)C2. The number of H-pyrrole nitrogens is 1. The molecule has 1 aliphatic rings. The van der Waals surface area contributed by atoms with Gasteiger partial charge < -0.3 is 4.98 Å². The minimum Gasteiger partial charge on any atom is -0.348 e. The van der Waals surface area contributed by atoms with Gasteiger partial charge in [0.15, 0.2) is 0 Å². The molecule has 0 amide bonds. The zero-order chi connectivity index (χ0) is 10.3. The first-order valence-electron chi connectivity index (χ1n) is 5.41. The predicted molar refractivity (Wildman–Crippen MR) is 59.9 cm³/mol.